The molecule has 0 unspecified atom stereocenters. The van der Waals surface area contributed by atoms with Crippen molar-refractivity contribution >= 4 is 28.9 Å². The fourth-order valence-corrected chi connectivity index (χ4v) is 3.96. The molecule has 3 heterocycles. The summed E-state index contributed by atoms with van der Waals surface area (Å²) in [6.07, 6.45) is 1.54. The minimum absolute atomic E-state index is 0.280. The average molecular weight is 385 g/mol. The fourth-order valence-electron chi connectivity index (χ4n) is 3.96. The summed E-state index contributed by atoms with van der Waals surface area (Å²) in [6, 6.07) is 17.8. The molecule has 2 atom stereocenters. The van der Waals surface area contributed by atoms with Crippen molar-refractivity contribution in [1.29, 1.82) is 0 Å². The summed E-state index contributed by atoms with van der Waals surface area (Å²) >= 11 is 0. The van der Waals surface area contributed by atoms with E-state index < -0.39 is 12.0 Å². The highest BCUT2D eigenvalue weighted by Crippen LogP contribution is 2.39. The minimum atomic E-state index is -0.730. The number of aryl methyl sites for hydroxylation is 2. The van der Waals surface area contributed by atoms with E-state index in [-0.39, 0.29) is 11.8 Å². The number of para-hydroxylation sites is 1. The van der Waals surface area contributed by atoms with E-state index >= 15 is 0 Å². The summed E-state index contributed by atoms with van der Waals surface area (Å²) < 4.78 is 5.53. The van der Waals surface area contributed by atoms with E-state index in [0.29, 0.717) is 17.2 Å². The maximum Gasteiger partial charge on any atom is 0.259 e. The number of nitrogens with zero attached hydrogens (tertiary/aromatic N) is 3. The molecule has 0 N–H and O–H groups in total. The van der Waals surface area contributed by atoms with Gasteiger partial charge in [-0.25, -0.2) is 4.90 Å². The van der Waals surface area contributed by atoms with Crippen molar-refractivity contribution in [3.63, 3.8) is 0 Å². The minimum Gasteiger partial charge on any atom is -0.463 e. The number of hydrogen-bond acceptors (Lipinski definition) is 5. The molecule has 29 heavy (non-hydrogen) atoms. The number of hydrazone groups is 1. The number of fused-ring (bicyclic) bond motifs is 1. The lowest BCUT2D eigenvalue weighted by atomic mass is 9.96. The van der Waals surface area contributed by atoms with Crippen molar-refractivity contribution in [3.05, 3.63) is 83.8 Å². The number of amides is 2. The Hall–Kier alpha value is -3.67. The molecule has 2 aliphatic rings. The zero-order chi connectivity index (χ0) is 20.1. The predicted molar refractivity (Wildman–Crippen MR) is 110 cm³/mol. The van der Waals surface area contributed by atoms with Gasteiger partial charge in [0.2, 0.25) is 5.91 Å². The van der Waals surface area contributed by atoms with Crippen LogP contribution in [-0.4, -0.2) is 23.6 Å². The summed E-state index contributed by atoms with van der Waals surface area (Å²) in [5.41, 5.74) is 3.96. The second-order valence-electron chi connectivity index (χ2n) is 7.35. The van der Waals surface area contributed by atoms with Gasteiger partial charge in [0.25, 0.3) is 5.91 Å². The largest absolute Gasteiger partial charge is 0.463 e. The van der Waals surface area contributed by atoms with Crippen LogP contribution in [0.5, 0.6) is 0 Å². The van der Waals surface area contributed by atoms with Gasteiger partial charge in [-0.15, -0.1) is 0 Å². The molecule has 0 bridgehead atoms. The van der Waals surface area contributed by atoms with Crippen LogP contribution in [0.3, 0.4) is 0 Å². The lowest BCUT2D eigenvalue weighted by Gasteiger charge is -2.22. The Kier molecular flexibility index (Phi) is 3.87. The van der Waals surface area contributed by atoms with Crippen molar-refractivity contribution in [2.75, 3.05) is 9.91 Å². The molecular weight excluding hydrogens is 366 g/mol. The third kappa shape index (κ3) is 2.60. The van der Waals surface area contributed by atoms with E-state index in [0.717, 1.165) is 16.8 Å². The zero-order valence-electron chi connectivity index (χ0n) is 16.1. The normalized spacial score (nSPS) is 21.0. The Labute approximate surface area is 168 Å². The Morgan fingerprint density at radius 2 is 1.66 bits per heavy atom. The molecule has 2 aromatic carbocycles. The molecule has 0 spiro atoms. The molecule has 0 aliphatic carbocycles. The maximum atomic E-state index is 13.5. The van der Waals surface area contributed by atoms with Crippen LogP contribution in [0.25, 0.3) is 0 Å². The van der Waals surface area contributed by atoms with Gasteiger partial charge in [0.05, 0.1) is 17.6 Å². The molecule has 6 heteroatoms. The van der Waals surface area contributed by atoms with Gasteiger partial charge in [-0.3, -0.25) is 14.6 Å². The van der Waals surface area contributed by atoms with Gasteiger partial charge in [-0.1, -0.05) is 24.3 Å². The SMILES string of the molecule is Cc1ccc(N2C(=O)[C@@H]3C(c4ccco4)=NN(c4ccccc4)[C@@H]3C2=O)cc1C. The summed E-state index contributed by atoms with van der Waals surface area (Å²) in [6.45, 7) is 3.97. The van der Waals surface area contributed by atoms with Crippen molar-refractivity contribution in [1.82, 2.24) is 0 Å². The Balaban J connectivity index is 1.63. The number of rotatable bonds is 3. The molecule has 2 aliphatic heterocycles. The molecule has 6 nitrogen and oxygen atoms in total. The first-order valence-corrected chi connectivity index (χ1v) is 9.48. The van der Waals surface area contributed by atoms with Crippen molar-refractivity contribution in [2.24, 2.45) is 11.0 Å². The van der Waals surface area contributed by atoms with Gasteiger partial charge in [0.15, 0.2) is 5.76 Å². The summed E-state index contributed by atoms with van der Waals surface area (Å²) in [4.78, 5) is 28.2. The first-order chi connectivity index (χ1) is 14.1. The number of furan rings is 1. The monoisotopic (exact) mass is 385 g/mol. The number of carbonyl (C=O) groups is 2. The van der Waals surface area contributed by atoms with Crippen LogP contribution < -0.4 is 9.91 Å². The third-order valence-electron chi connectivity index (χ3n) is 5.59. The second-order valence-corrected chi connectivity index (χ2v) is 7.35. The molecule has 1 fully saturated rings. The van der Waals surface area contributed by atoms with Crippen LogP contribution in [0.15, 0.2) is 76.4 Å². The Morgan fingerprint density at radius 3 is 2.34 bits per heavy atom. The van der Waals surface area contributed by atoms with Gasteiger partial charge >= 0.3 is 0 Å². The summed E-state index contributed by atoms with van der Waals surface area (Å²) in [5.74, 6) is -0.772. The summed E-state index contributed by atoms with van der Waals surface area (Å²) in [7, 11) is 0. The number of benzene rings is 2. The van der Waals surface area contributed by atoms with E-state index in [2.05, 4.69) is 5.10 Å². The number of imide groups is 1. The molecule has 1 saturated heterocycles. The molecule has 0 saturated carbocycles. The van der Waals surface area contributed by atoms with Gasteiger partial charge in [0.1, 0.15) is 17.7 Å². The van der Waals surface area contributed by atoms with Gasteiger partial charge < -0.3 is 4.42 Å². The van der Waals surface area contributed by atoms with Gasteiger partial charge in [0, 0.05) is 0 Å². The van der Waals surface area contributed by atoms with E-state index in [1.54, 1.807) is 23.4 Å². The Bertz CT molecular complexity index is 1140. The van der Waals surface area contributed by atoms with Crippen LogP contribution in [0.1, 0.15) is 16.9 Å². The average Bonchev–Trinajstić information content (AvgIpc) is 3.43. The molecule has 0 radical (unpaired) electrons. The molecule has 1 aromatic heterocycles. The van der Waals surface area contributed by atoms with Crippen LogP contribution in [-0.2, 0) is 9.59 Å². The molecule has 144 valence electrons. The van der Waals surface area contributed by atoms with Crippen molar-refractivity contribution in [2.45, 2.75) is 19.9 Å². The summed E-state index contributed by atoms with van der Waals surface area (Å²) in [5, 5.41) is 6.28. The highest BCUT2D eigenvalue weighted by molar-refractivity contribution is 6.33. The highest BCUT2D eigenvalue weighted by Gasteiger charge is 2.58. The maximum absolute atomic E-state index is 13.5. The first kappa shape index (κ1) is 17.4. The highest BCUT2D eigenvalue weighted by atomic mass is 16.3. The number of hydrogen-bond donors (Lipinski definition) is 0. The van der Waals surface area contributed by atoms with Crippen molar-refractivity contribution in [3.8, 4) is 0 Å². The van der Waals surface area contributed by atoms with Crippen LogP contribution in [0.2, 0.25) is 0 Å². The van der Waals surface area contributed by atoms with Gasteiger partial charge in [-0.05, 0) is 61.4 Å². The Morgan fingerprint density at radius 1 is 0.862 bits per heavy atom. The fraction of sp³-hybridized carbons (Fsp3) is 0.174. The molecule has 5 rings (SSSR count). The third-order valence-corrected chi connectivity index (χ3v) is 5.59. The number of carbonyl (C=O) groups excluding carboxylic acids is 2. The zero-order valence-corrected chi connectivity index (χ0v) is 16.1. The van der Waals surface area contributed by atoms with E-state index in [1.807, 2.05) is 62.4 Å². The quantitative estimate of drug-likeness (QED) is 0.645. The topological polar surface area (TPSA) is 66.1 Å². The molecular formula is C23H19N3O3. The number of anilines is 2. The molecule has 2 amide bonds. The van der Waals surface area contributed by atoms with E-state index in [9.17, 15) is 9.59 Å². The van der Waals surface area contributed by atoms with E-state index in [1.165, 1.54) is 4.90 Å². The van der Waals surface area contributed by atoms with E-state index in [4.69, 9.17) is 4.42 Å². The van der Waals surface area contributed by atoms with Crippen molar-refractivity contribution < 1.29 is 14.0 Å². The lowest BCUT2D eigenvalue weighted by Crippen LogP contribution is -2.39. The van der Waals surface area contributed by atoms with Gasteiger partial charge in [-0.2, -0.15) is 5.10 Å². The van der Waals surface area contributed by atoms with Crippen LogP contribution in [0, 0.1) is 19.8 Å². The van der Waals surface area contributed by atoms with Crippen LogP contribution >= 0.6 is 0 Å². The lowest BCUT2D eigenvalue weighted by molar-refractivity contribution is -0.121. The first-order valence-electron chi connectivity index (χ1n) is 9.48. The molecule has 3 aromatic rings. The second kappa shape index (κ2) is 6.44. The smallest absolute Gasteiger partial charge is 0.259 e. The predicted octanol–water partition coefficient (Wildman–Crippen LogP) is 3.68. The standard InChI is InChI=1S/C23H19N3O3/c1-14-10-11-17(13-15(14)2)25-22(27)19-20(18-9-6-12-29-18)24-26(21(19)23(25)28)16-7-4-3-5-8-16/h3-13,19,21H,1-2H3/t19-,21+/m1/s1. The van der Waals surface area contributed by atoms with Crippen LogP contribution in [0.4, 0.5) is 11.4 Å².